The van der Waals surface area contributed by atoms with Gasteiger partial charge in [0.05, 0.1) is 12.3 Å². The van der Waals surface area contributed by atoms with Crippen molar-refractivity contribution >= 4 is 5.91 Å². The van der Waals surface area contributed by atoms with Gasteiger partial charge in [0.2, 0.25) is 5.76 Å². The smallest absolute Gasteiger partial charge is 0.291 e. The van der Waals surface area contributed by atoms with Crippen molar-refractivity contribution in [1.29, 1.82) is 0 Å². The van der Waals surface area contributed by atoms with Gasteiger partial charge >= 0.3 is 0 Å². The second-order valence-electron chi connectivity index (χ2n) is 7.97. The largest absolute Gasteiger partial charge is 0.438 e. The summed E-state index contributed by atoms with van der Waals surface area (Å²) in [6.45, 7) is 6.74. The first kappa shape index (κ1) is 17.0. The van der Waals surface area contributed by atoms with Crippen LogP contribution in [0.1, 0.15) is 48.4 Å². The number of carbonyl (C=O) groups is 1. The number of aromatic nitrogens is 1. The van der Waals surface area contributed by atoms with E-state index in [1.54, 1.807) is 0 Å². The van der Waals surface area contributed by atoms with Crippen LogP contribution in [0.15, 0.2) is 10.8 Å². The molecule has 1 aromatic heterocycles. The van der Waals surface area contributed by atoms with Crippen LogP contribution in [0.3, 0.4) is 0 Å². The van der Waals surface area contributed by atoms with Gasteiger partial charge in [0.25, 0.3) is 5.91 Å². The molecule has 2 aliphatic heterocycles. The van der Waals surface area contributed by atoms with Crippen LogP contribution in [0.5, 0.6) is 0 Å². The minimum Gasteiger partial charge on any atom is -0.438 e. The van der Waals surface area contributed by atoms with Crippen LogP contribution in [0, 0.1) is 24.2 Å². The van der Waals surface area contributed by atoms with Crippen LogP contribution in [0.2, 0.25) is 0 Å². The molecule has 0 radical (unpaired) electrons. The molecule has 0 aromatic carbocycles. The predicted octanol–water partition coefficient (Wildman–Crippen LogP) is 2.67. The van der Waals surface area contributed by atoms with Gasteiger partial charge < -0.3 is 18.8 Å². The van der Waals surface area contributed by atoms with E-state index in [1.165, 1.54) is 19.2 Å². The predicted molar refractivity (Wildman–Crippen MR) is 91.3 cm³/mol. The molecule has 1 saturated carbocycles. The summed E-state index contributed by atoms with van der Waals surface area (Å²) in [5.74, 6) is 1.54. The number of oxazole rings is 1. The molecule has 6 nitrogen and oxygen atoms in total. The van der Waals surface area contributed by atoms with E-state index in [0.717, 1.165) is 58.8 Å². The molecule has 4 rings (SSSR count). The van der Waals surface area contributed by atoms with Crippen LogP contribution < -0.4 is 0 Å². The molecule has 0 spiro atoms. The fraction of sp³-hybridized carbons (Fsp3) is 0.789. The summed E-state index contributed by atoms with van der Waals surface area (Å²) >= 11 is 0. The monoisotopic (exact) mass is 348 g/mol. The average molecular weight is 348 g/mol. The standard InChI is InChI=1S/C19H28N2O4/c1-14-17(25-13-20-14)18(22)21-9-16-3-2-6-19(16,11-21)12-24-10-15-4-7-23-8-5-15/h13,15-16H,2-12H2,1H3/t16-,19+/m1/s1. The lowest BCUT2D eigenvalue weighted by atomic mass is 9.81. The average Bonchev–Trinajstić information content (AvgIpc) is 3.29. The fourth-order valence-electron chi connectivity index (χ4n) is 4.80. The topological polar surface area (TPSA) is 64.8 Å². The molecule has 2 saturated heterocycles. The molecule has 25 heavy (non-hydrogen) atoms. The minimum absolute atomic E-state index is 0.0202. The molecule has 138 valence electrons. The summed E-state index contributed by atoms with van der Waals surface area (Å²) in [4.78, 5) is 18.8. The molecule has 0 bridgehead atoms. The highest BCUT2D eigenvalue weighted by Gasteiger charge is 2.51. The summed E-state index contributed by atoms with van der Waals surface area (Å²) in [6.07, 6.45) is 7.16. The zero-order valence-corrected chi connectivity index (χ0v) is 15.0. The Morgan fingerprint density at radius 2 is 2.24 bits per heavy atom. The molecule has 3 heterocycles. The molecular weight excluding hydrogens is 320 g/mol. The first-order valence-corrected chi connectivity index (χ1v) is 9.53. The van der Waals surface area contributed by atoms with Crippen molar-refractivity contribution < 1.29 is 18.7 Å². The first-order chi connectivity index (χ1) is 12.2. The Balaban J connectivity index is 1.37. The van der Waals surface area contributed by atoms with Gasteiger partial charge in [-0.3, -0.25) is 4.79 Å². The normalized spacial score (nSPS) is 30.0. The quantitative estimate of drug-likeness (QED) is 0.818. The number of hydrogen-bond donors (Lipinski definition) is 0. The van der Waals surface area contributed by atoms with E-state index in [-0.39, 0.29) is 11.3 Å². The summed E-state index contributed by atoms with van der Waals surface area (Å²) in [5, 5.41) is 0. The van der Waals surface area contributed by atoms with E-state index in [4.69, 9.17) is 13.9 Å². The molecule has 1 aliphatic carbocycles. The highest BCUT2D eigenvalue weighted by Crippen LogP contribution is 2.49. The van der Waals surface area contributed by atoms with Gasteiger partial charge in [-0.2, -0.15) is 0 Å². The third-order valence-electron chi connectivity index (χ3n) is 6.35. The van der Waals surface area contributed by atoms with Crippen LogP contribution >= 0.6 is 0 Å². The van der Waals surface area contributed by atoms with Gasteiger partial charge in [0, 0.05) is 38.3 Å². The molecule has 0 N–H and O–H groups in total. The summed E-state index contributed by atoms with van der Waals surface area (Å²) < 4.78 is 16.9. The maximum atomic E-state index is 12.8. The van der Waals surface area contributed by atoms with E-state index in [1.807, 2.05) is 11.8 Å². The number of nitrogens with zero attached hydrogens (tertiary/aromatic N) is 2. The van der Waals surface area contributed by atoms with E-state index in [9.17, 15) is 4.79 Å². The fourth-order valence-corrected chi connectivity index (χ4v) is 4.80. The molecule has 3 aliphatic rings. The summed E-state index contributed by atoms with van der Waals surface area (Å²) in [6, 6.07) is 0. The lowest BCUT2D eigenvalue weighted by Gasteiger charge is -2.30. The van der Waals surface area contributed by atoms with E-state index in [2.05, 4.69) is 4.98 Å². The molecular formula is C19H28N2O4. The zero-order chi connectivity index (χ0) is 17.3. The first-order valence-electron chi connectivity index (χ1n) is 9.53. The van der Waals surface area contributed by atoms with Crippen LogP contribution in [-0.2, 0) is 9.47 Å². The molecule has 6 heteroatoms. The number of hydrogen-bond acceptors (Lipinski definition) is 5. The van der Waals surface area contributed by atoms with Gasteiger partial charge in [-0.15, -0.1) is 0 Å². The summed E-state index contributed by atoms with van der Waals surface area (Å²) in [5.41, 5.74) is 0.807. The molecule has 2 atom stereocenters. The van der Waals surface area contributed by atoms with Crippen molar-refractivity contribution in [2.45, 2.75) is 39.0 Å². The van der Waals surface area contributed by atoms with Gasteiger partial charge in [0.1, 0.15) is 0 Å². The Hall–Kier alpha value is -1.40. The Bertz CT molecular complexity index is 610. The van der Waals surface area contributed by atoms with Gasteiger partial charge in [0.15, 0.2) is 6.39 Å². The SMILES string of the molecule is Cc1ncoc1C(=O)N1C[C@H]2CCC[C@@]2(COCC2CCOCC2)C1. The number of fused-ring (bicyclic) bond motifs is 1. The summed E-state index contributed by atoms with van der Waals surface area (Å²) in [7, 11) is 0. The Kier molecular flexibility index (Phi) is 4.82. The van der Waals surface area contributed by atoms with Crippen molar-refractivity contribution in [2.75, 3.05) is 39.5 Å². The van der Waals surface area contributed by atoms with Crippen molar-refractivity contribution in [3.05, 3.63) is 17.8 Å². The third-order valence-corrected chi connectivity index (χ3v) is 6.35. The zero-order valence-electron chi connectivity index (χ0n) is 15.0. The number of aryl methyl sites for hydroxylation is 1. The number of likely N-dealkylation sites (tertiary alicyclic amines) is 1. The van der Waals surface area contributed by atoms with Crippen LogP contribution in [0.25, 0.3) is 0 Å². The van der Waals surface area contributed by atoms with E-state index < -0.39 is 0 Å². The van der Waals surface area contributed by atoms with Crippen molar-refractivity contribution in [3.8, 4) is 0 Å². The van der Waals surface area contributed by atoms with E-state index in [0.29, 0.717) is 23.3 Å². The number of amides is 1. The third kappa shape index (κ3) is 3.34. The van der Waals surface area contributed by atoms with E-state index >= 15 is 0 Å². The van der Waals surface area contributed by atoms with Crippen LogP contribution in [0.4, 0.5) is 0 Å². The van der Waals surface area contributed by atoms with Gasteiger partial charge in [-0.25, -0.2) is 4.98 Å². The lowest BCUT2D eigenvalue weighted by Crippen LogP contribution is -2.35. The second kappa shape index (κ2) is 7.08. The lowest BCUT2D eigenvalue weighted by molar-refractivity contribution is -0.0124. The van der Waals surface area contributed by atoms with Gasteiger partial charge in [-0.05, 0) is 44.4 Å². The van der Waals surface area contributed by atoms with Crippen molar-refractivity contribution in [3.63, 3.8) is 0 Å². The highest BCUT2D eigenvalue weighted by atomic mass is 16.5. The van der Waals surface area contributed by atoms with Crippen molar-refractivity contribution in [2.24, 2.45) is 17.3 Å². The second-order valence-corrected chi connectivity index (χ2v) is 7.97. The molecule has 0 unspecified atom stereocenters. The van der Waals surface area contributed by atoms with Crippen LogP contribution in [-0.4, -0.2) is 55.3 Å². The highest BCUT2D eigenvalue weighted by molar-refractivity contribution is 5.92. The molecule has 1 amide bonds. The van der Waals surface area contributed by atoms with Crippen molar-refractivity contribution in [1.82, 2.24) is 9.88 Å². The number of rotatable bonds is 5. The molecule has 3 fully saturated rings. The number of ether oxygens (including phenoxy) is 2. The maximum Gasteiger partial charge on any atom is 0.291 e. The maximum absolute atomic E-state index is 12.8. The Labute approximate surface area is 148 Å². The van der Waals surface area contributed by atoms with Gasteiger partial charge in [-0.1, -0.05) is 6.42 Å². The Morgan fingerprint density at radius 3 is 3.00 bits per heavy atom. The Morgan fingerprint density at radius 1 is 1.40 bits per heavy atom. The molecule has 1 aromatic rings. The number of carbonyl (C=O) groups excluding carboxylic acids is 1. The minimum atomic E-state index is -0.0202.